The minimum atomic E-state index is -1.46. The first-order valence-electron chi connectivity index (χ1n) is 25.2. The van der Waals surface area contributed by atoms with Crippen molar-refractivity contribution >= 4 is 86.7 Å². The standard InChI is InChI=1S/C54H69ClN10O12S2/c1-31(67)44(28-66)65-50(73)40(5-3-4-24-56)61-51(74)42(26-33-6-15-36(16-7-33)48(57)71)63-52(75)43(27-35-12-21-39(69)22-13-35)64-54(77)46(60-47(70)23-14-32-8-17-37(55)18-9-32)30-79-78-29-45(59-2)53(76)62-41(49(58)72)25-34-10-19-38(68)20-11-34/h6-13,15-22,28,31,40-46,59,67-69H,3-5,14,23-27,29-30,56H2,1-2H3,(H2,57,71)(H2,58,72)(H,60,70)(H,61,74)(H,62,76)(H,63,75)(H,64,77)(H,65,73)/t31?,40-,41+,42+,43-,44?,45-,46+/m0/s1. The Morgan fingerprint density at radius 2 is 1.00 bits per heavy atom. The van der Waals surface area contributed by atoms with Crippen LogP contribution in [0.1, 0.15) is 65.2 Å². The Hall–Kier alpha value is -7.22. The van der Waals surface area contributed by atoms with E-state index < -0.39 is 95.7 Å². The molecule has 4 aromatic carbocycles. The number of aryl methyl sites for hydroxylation is 1. The molecule has 4 rings (SSSR count). The van der Waals surface area contributed by atoms with E-state index in [9.17, 15) is 58.5 Å². The van der Waals surface area contributed by atoms with Crippen molar-refractivity contribution < 1.29 is 58.5 Å². The van der Waals surface area contributed by atoms with Gasteiger partial charge in [-0.3, -0.25) is 38.4 Å². The molecule has 0 spiro atoms. The molecule has 0 aliphatic rings. The lowest BCUT2D eigenvalue weighted by Gasteiger charge is -2.27. The van der Waals surface area contributed by atoms with E-state index >= 15 is 0 Å². The molecule has 0 saturated carbocycles. The Bertz CT molecular complexity index is 2670. The highest BCUT2D eigenvalue weighted by Crippen LogP contribution is 2.24. The van der Waals surface area contributed by atoms with Gasteiger partial charge < -0.3 is 74.5 Å². The lowest BCUT2D eigenvalue weighted by atomic mass is 10.0. The van der Waals surface area contributed by atoms with Crippen molar-refractivity contribution in [1.82, 2.24) is 37.2 Å². The minimum absolute atomic E-state index is 0.0231. The molecule has 0 aliphatic carbocycles. The number of nitrogens with two attached hydrogens (primary N) is 3. The van der Waals surface area contributed by atoms with Crippen LogP contribution in [0, 0.1) is 0 Å². The number of halogens is 1. The first kappa shape index (κ1) is 64.3. The zero-order chi connectivity index (χ0) is 58.0. The smallest absolute Gasteiger partial charge is 0.248 e. The number of primary amides is 2. The number of benzene rings is 4. The predicted octanol–water partition coefficient (Wildman–Crippen LogP) is 0.583. The van der Waals surface area contributed by atoms with E-state index in [1.54, 1.807) is 43.4 Å². The Morgan fingerprint density at radius 3 is 1.47 bits per heavy atom. The van der Waals surface area contributed by atoms with Crippen LogP contribution >= 0.6 is 33.2 Å². The van der Waals surface area contributed by atoms with E-state index in [0.717, 1.165) is 16.4 Å². The SMILES string of the molecule is CN[C@@H](CSSC[C@@H](NC(=O)CCc1ccc(Cl)cc1)C(=O)N[C@@H](Cc1ccc(O)cc1)C(=O)N[C@H](Cc1ccc(C(N)=O)cc1)C(=O)N[C@@H](CCCCN)C(=O)NC(C=O)C(C)O)C(=O)N[C@H](Cc1ccc(O)cc1)C(N)=O. The predicted molar refractivity (Wildman–Crippen MR) is 301 cm³/mol. The number of hydrogen-bond donors (Lipinski definition) is 13. The summed E-state index contributed by atoms with van der Waals surface area (Å²) in [6, 6.07) is 15.9. The maximum absolute atomic E-state index is 14.7. The number of aliphatic hydroxyl groups excluding tert-OH is 1. The molecule has 0 bridgehead atoms. The monoisotopic (exact) mass is 1150 g/mol. The van der Waals surface area contributed by atoms with Crippen LogP contribution < -0.4 is 54.4 Å². The quantitative estimate of drug-likeness (QED) is 0.0173. The van der Waals surface area contributed by atoms with Gasteiger partial charge in [0.15, 0.2) is 0 Å². The molecule has 0 fully saturated rings. The van der Waals surface area contributed by atoms with Gasteiger partial charge in [-0.05, 0) is 117 Å². The van der Waals surface area contributed by atoms with Crippen LogP contribution in [0.4, 0.5) is 0 Å². The summed E-state index contributed by atoms with van der Waals surface area (Å²) >= 11 is 6.06. The molecule has 0 saturated heterocycles. The lowest BCUT2D eigenvalue weighted by Crippen LogP contribution is -2.60. The molecule has 8 atom stereocenters. The van der Waals surface area contributed by atoms with Crippen LogP contribution in [0.3, 0.4) is 0 Å². The van der Waals surface area contributed by atoms with Crippen LogP contribution in [0.25, 0.3) is 0 Å². The number of unbranched alkanes of at least 4 members (excludes halogenated alkanes) is 1. The van der Waals surface area contributed by atoms with Crippen molar-refractivity contribution in [3.05, 3.63) is 130 Å². The molecular weight excluding hydrogens is 1080 g/mol. The Morgan fingerprint density at radius 1 is 0.570 bits per heavy atom. The fraction of sp³-hybridized carbons (Fsp3) is 0.389. The van der Waals surface area contributed by atoms with Gasteiger partial charge in [0.2, 0.25) is 47.3 Å². The Balaban J connectivity index is 1.62. The normalized spacial score (nSPS) is 14.1. The molecular formula is C54H69ClN10O12S2. The second-order valence-electron chi connectivity index (χ2n) is 18.5. The molecule has 22 nitrogen and oxygen atoms in total. The molecule has 426 valence electrons. The summed E-state index contributed by atoms with van der Waals surface area (Å²) in [6.07, 6.45) is -0.157. The van der Waals surface area contributed by atoms with Crippen LogP contribution in [-0.2, 0) is 64.0 Å². The lowest BCUT2D eigenvalue weighted by molar-refractivity contribution is -0.134. The molecule has 4 aromatic rings. The van der Waals surface area contributed by atoms with Gasteiger partial charge in [-0.25, -0.2) is 0 Å². The van der Waals surface area contributed by atoms with Gasteiger partial charge in [0.25, 0.3) is 0 Å². The van der Waals surface area contributed by atoms with Gasteiger partial charge in [0.1, 0.15) is 54.0 Å². The molecule has 16 N–H and O–H groups in total. The van der Waals surface area contributed by atoms with Gasteiger partial charge in [-0.2, -0.15) is 0 Å². The molecule has 25 heteroatoms. The van der Waals surface area contributed by atoms with E-state index in [1.165, 1.54) is 78.4 Å². The second kappa shape index (κ2) is 33.3. The summed E-state index contributed by atoms with van der Waals surface area (Å²) < 4.78 is 0. The first-order chi connectivity index (χ1) is 37.7. The second-order valence-corrected chi connectivity index (χ2v) is 21.5. The molecule has 0 radical (unpaired) electrons. The van der Waals surface area contributed by atoms with Crippen LogP contribution in [0.15, 0.2) is 97.1 Å². The van der Waals surface area contributed by atoms with Crippen molar-refractivity contribution in [1.29, 1.82) is 0 Å². The summed E-state index contributed by atoms with van der Waals surface area (Å²) in [6.45, 7) is 1.57. The molecule has 2 unspecified atom stereocenters. The minimum Gasteiger partial charge on any atom is -0.508 e. The number of nitrogens with one attached hydrogen (secondary N) is 7. The third kappa shape index (κ3) is 22.6. The maximum atomic E-state index is 14.7. The molecule has 0 aromatic heterocycles. The Labute approximate surface area is 470 Å². The van der Waals surface area contributed by atoms with E-state index in [-0.39, 0.29) is 73.6 Å². The van der Waals surface area contributed by atoms with Crippen LogP contribution in [0.5, 0.6) is 11.5 Å². The third-order valence-electron chi connectivity index (χ3n) is 12.3. The van der Waals surface area contributed by atoms with Gasteiger partial charge in [0, 0.05) is 47.8 Å². The maximum Gasteiger partial charge on any atom is 0.248 e. The average Bonchev–Trinajstić information content (AvgIpc) is 3.42. The Kier molecular flexibility index (Phi) is 27.1. The summed E-state index contributed by atoms with van der Waals surface area (Å²) in [5.74, 6) is -5.95. The van der Waals surface area contributed by atoms with Crippen molar-refractivity contribution in [2.45, 2.75) is 107 Å². The summed E-state index contributed by atoms with van der Waals surface area (Å²) in [5, 5.41) is 49.2. The van der Waals surface area contributed by atoms with Gasteiger partial charge in [0.05, 0.1) is 12.1 Å². The van der Waals surface area contributed by atoms with Crippen molar-refractivity contribution in [3.8, 4) is 11.5 Å². The highest BCUT2D eigenvalue weighted by atomic mass is 35.5. The number of carbonyl (C=O) groups is 9. The highest BCUT2D eigenvalue weighted by Gasteiger charge is 2.33. The number of likely N-dealkylation sites (N-methyl/N-ethyl adjacent to an activating group) is 1. The summed E-state index contributed by atoms with van der Waals surface area (Å²) in [4.78, 5) is 120. The summed E-state index contributed by atoms with van der Waals surface area (Å²) in [7, 11) is 3.84. The number of rotatable bonds is 34. The zero-order valence-corrected chi connectivity index (χ0v) is 46.0. The largest absolute Gasteiger partial charge is 0.508 e. The summed E-state index contributed by atoms with van der Waals surface area (Å²) in [5.41, 5.74) is 19.3. The van der Waals surface area contributed by atoms with E-state index in [1.807, 2.05) is 0 Å². The third-order valence-corrected chi connectivity index (χ3v) is 15.0. The van der Waals surface area contributed by atoms with Crippen molar-refractivity contribution in [2.24, 2.45) is 17.2 Å². The number of hydrogen-bond acceptors (Lipinski definition) is 16. The molecule has 0 aliphatic heterocycles. The zero-order valence-electron chi connectivity index (χ0n) is 43.7. The van der Waals surface area contributed by atoms with Gasteiger partial charge >= 0.3 is 0 Å². The average molecular weight is 1150 g/mol. The molecule has 79 heavy (non-hydrogen) atoms. The number of carbonyl (C=O) groups excluding carboxylic acids is 9. The van der Waals surface area contributed by atoms with E-state index in [0.29, 0.717) is 40.8 Å². The first-order valence-corrected chi connectivity index (χ1v) is 28.1. The van der Waals surface area contributed by atoms with Crippen molar-refractivity contribution in [2.75, 3.05) is 25.1 Å². The molecule has 0 heterocycles. The van der Waals surface area contributed by atoms with E-state index in [4.69, 9.17) is 28.8 Å². The van der Waals surface area contributed by atoms with Crippen molar-refractivity contribution in [3.63, 3.8) is 0 Å². The topological polar surface area (TPSA) is 377 Å². The number of amides is 8. The number of aldehydes is 1. The van der Waals surface area contributed by atoms with Crippen LogP contribution in [0.2, 0.25) is 5.02 Å². The molecule has 8 amide bonds. The fourth-order valence-electron chi connectivity index (χ4n) is 7.68. The number of aromatic hydroxyl groups is 2. The number of phenols is 2. The fourth-order valence-corrected chi connectivity index (χ4v) is 10.2. The highest BCUT2D eigenvalue weighted by molar-refractivity contribution is 8.76. The van der Waals surface area contributed by atoms with E-state index in [2.05, 4.69) is 37.2 Å². The number of aliphatic hydroxyl groups is 1. The van der Waals surface area contributed by atoms with Crippen LogP contribution in [-0.4, -0.2) is 142 Å². The van der Waals surface area contributed by atoms with Gasteiger partial charge in [-0.1, -0.05) is 81.7 Å². The van der Waals surface area contributed by atoms with Gasteiger partial charge in [-0.15, -0.1) is 0 Å². The number of phenolic OH excluding ortho intramolecular Hbond substituents is 2.